The topological polar surface area (TPSA) is 69.5 Å². The van der Waals surface area contributed by atoms with Crippen LogP contribution in [-0.4, -0.2) is 15.0 Å². The van der Waals surface area contributed by atoms with Crippen molar-refractivity contribution in [3.8, 4) is 5.75 Å². The van der Waals surface area contributed by atoms with E-state index in [1.54, 1.807) is 24.5 Å². The van der Waals surface area contributed by atoms with Crippen molar-refractivity contribution in [1.29, 1.82) is 0 Å². The first-order valence-corrected chi connectivity index (χ1v) is 7.77. The van der Waals surface area contributed by atoms with Crippen molar-refractivity contribution in [2.75, 3.05) is 6.61 Å². The van der Waals surface area contributed by atoms with Gasteiger partial charge in [0, 0.05) is 18.2 Å². The standard InChI is InChI=1S/C14H16N2O3S/c1-2-19-13-5-7-14(8-6-13)20(17,18)16-11-12-4-3-9-15-10-12/h3-10,16H,2,11H2,1H3/p+1. The van der Waals surface area contributed by atoms with Crippen LogP contribution in [0.3, 0.4) is 0 Å². The van der Waals surface area contributed by atoms with Crippen molar-refractivity contribution < 1.29 is 18.1 Å². The minimum absolute atomic E-state index is 0.223. The third kappa shape index (κ3) is 3.79. The molecule has 0 radical (unpaired) electrons. The Bertz CT molecular complexity index is 640. The largest absolute Gasteiger partial charge is 0.494 e. The molecular formula is C14H17N2O3S+. The van der Waals surface area contributed by atoms with E-state index in [4.69, 9.17) is 4.74 Å². The molecule has 0 saturated heterocycles. The van der Waals surface area contributed by atoms with Crippen LogP contribution < -0.4 is 14.4 Å². The van der Waals surface area contributed by atoms with Gasteiger partial charge in [0.05, 0.1) is 11.5 Å². The van der Waals surface area contributed by atoms with Crippen molar-refractivity contribution >= 4 is 10.0 Å². The SMILES string of the molecule is CCOc1ccc(S(=O)(=O)NCc2ccc[nH+]c2)cc1. The molecule has 0 bridgehead atoms. The summed E-state index contributed by atoms with van der Waals surface area (Å²) < 4.78 is 32.1. The molecule has 6 heteroatoms. The first-order valence-electron chi connectivity index (χ1n) is 6.29. The van der Waals surface area contributed by atoms with Crippen LogP contribution in [-0.2, 0) is 16.6 Å². The summed E-state index contributed by atoms with van der Waals surface area (Å²) in [7, 11) is -3.51. The van der Waals surface area contributed by atoms with Gasteiger partial charge in [-0.2, -0.15) is 0 Å². The molecule has 106 valence electrons. The van der Waals surface area contributed by atoms with Gasteiger partial charge in [-0.15, -0.1) is 0 Å². The Labute approximate surface area is 118 Å². The molecule has 2 N–H and O–H groups in total. The molecule has 1 heterocycles. The molecule has 20 heavy (non-hydrogen) atoms. The number of rotatable bonds is 6. The van der Waals surface area contributed by atoms with E-state index in [1.807, 2.05) is 19.1 Å². The summed E-state index contributed by atoms with van der Waals surface area (Å²) in [5, 5.41) is 0. The normalized spacial score (nSPS) is 11.2. The van der Waals surface area contributed by atoms with Crippen LogP contribution in [0, 0.1) is 0 Å². The van der Waals surface area contributed by atoms with Crippen LogP contribution in [0.2, 0.25) is 0 Å². The van der Waals surface area contributed by atoms with Crippen molar-refractivity contribution in [3.05, 3.63) is 54.4 Å². The molecule has 1 aromatic carbocycles. The zero-order chi connectivity index (χ0) is 14.4. The number of hydrogen-bond donors (Lipinski definition) is 1. The van der Waals surface area contributed by atoms with Gasteiger partial charge in [-0.3, -0.25) is 0 Å². The van der Waals surface area contributed by atoms with E-state index in [1.165, 1.54) is 12.1 Å². The van der Waals surface area contributed by atoms with Gasteiger partial charge in [-0.1, -0.05) is 0 Å². The van der Waals surface area contributed by atoms with E-state index in [0.717, 1.165) is 5.56 Å². The highest BCUT2D eigenvalue weighted by atomic mass is 32.2. The van der Waals surface area contributed by atoms with Gasteiger partial charge in [0.2, 0.25) is 10.0 Å². The van der Waals surface area contributed by atoms with E-state index in [2.05, 4.69) is 9.71 Å². The number of aromatic amines is 1. The lowest BCUT2D eigenvalue weighted by molar-refractivity contribution is -0.378. The monoisotopic (exact) mass is 293 g/mol. The van der Waals surface area contributed by atoms with E-state index in [-0.39, 0.29) is 11.4 Å². The first-order chi connectivity index (χ1) is 9.62. The van der Waals surface area contributed by atoms with Gasteiger partial charge >= 0.3 is 0 Å². The molecule has 0 atom stereocenters. The highest BCUT2D eigenvalue weighted by Crippen LogP contribution is 2.16. The fourth-order valence-electron chi connectivity index (χ4n) is 1.68. The lowest BCUT2D eigenvalue weighted by atomic mass is 10.3. The molecule has 0 spiro atoms. The van der Waals surface area contributed by atoms with Crippen LogP contribution >= 0.6 is 0 Å². The first kappa shape index (κ1) is 14.5. The average molecular weight is 293 g/mol. The second kappa shape index (κ2) is 6.49. The molecule has 0 fully saturated rings. The minimum Gasteiger partial charge on any atom is -0.494 e. The van der Waals surface area contributed by atoms with E-state index in [0.29, 0.717) is 12.4 Å². The summed E-state index contributed by atoms with van der Waals surface area (Å²) in [5.41, 5.74) is 0.863. The number of ether oxygens (including phenoxy) is 1. The third-order valence-electron chi connectivity index (χ3n) is 2.68. The van der Waals surface area contributed by atoms with E-state index in [9.17, 15) is 8.42 Å². The molecule has 0 amide bonds. The second-order valence-electron chi connectivity index (χ2n) is 4.14. The van der Waals surface area contributed by atoms with Crippen LogP contribution in [0.25, 0.3) is 0 Å². The molecule has 0 saturated carbocycles. The Morgan fingerprint density at radius 1 is 1.20 bits per heavy atom. The predicted octanol–water partition coefficient (Wildman–Crippen LogP) is 1.38. The van der Waals surface area contributed by atoms with E-state index >= 15 is 0 Å². The Morgan fingerprint density at radius 2 is 1.95 bits per heavy atom. The van der Waals surface area contributed by atoms with Crippen molar-refractivity contribution in [1.82, 2.24) is 4.72 Å². The minimum atomic E-state index is -3.51. The van der Waals surface area contributed by atoms with Crippen LogP contribution in [0.4, 0.5) is 0 Å². The maximum atomic E-state index is 12.1. The van der Waals surface area contributed by atoms with Gasteiger partial charge in [0.25, 0.3) is 0 Å². The number of hydrogen-bond acceptors (Lipinski definition) is 3. The van der Waals surface area contributed by atoms with Gasteiger partial charge < -0.3 is 4.74 Å². The average Bonchev–Trinajstić information content (AvgIpc) is 2.47. The summed E-state index contributed by atoms with van der Waals surface area (Å²) >= 11 is 0. The molecule has 5 nitrogen and oxygen atoms in total. The highest BCUT2D eigenvalue weighted by Gasteiger charge is 2.13. The number of aromatic nitrogens is 1. The van der Waals surface area contributed by atoms with Crippen LogP contribution in [0.15, 0.2) is 53.7 Å². The Kier molecular flexibility index (Phi) is 4.70. The Balaban J connectivity index is 2.06. The lowest BCUT2D eigenvalue weighted by Gasteiger charge is -2.07. The smallest absolute Gasteiger partial charge is 0.240 e. The maximum Gasteiger partial charge on any atom is 0.240 e. The van der Waals surface area contributed by atoms with Gasteiger partial charge in [0.1, 0.15) is 5.75 Å². The van der Waals surface area contributed by atoms with Gasteiger partial charge in [-0.05, 0) is 37.3 Å². The highest BCUT2D eigenvalue weighted by molar-refractivity contribution is 7.89. The number of pyridine rings is 1. The summed E-state index contributed by atoms with van der Waals surface area (Å²) in [6.45, 7) is 2.67. The number of H-pyrrole nitrogens is 1. The fraction of sp³-hybridized carbons (Fsp3) is 0.214. The molecule has 0 aliphatic rings. The summed E-state index contributed by atoms with van der Waals surface area (Å²) in [6.07, 6.45) is 3.52. The van der Waals surface area contributed by atoms with Crippen molar-refractivity contribution in [2.45, 2.75) is 18.4 Å². The number of sulfonamides is 1. The molecular weight excluding hydrogens is 276 g/mol. The molecule has 0 aliphatic carbocycles. The molecule has 2 aromatic rings. The van der Waals surface area contributed by atoms with Gasteiger partial charge in [0.15, 0.2) is 12.4 Å². The van der Waals surface area contributed by atoms with Crippen LogP contribution in [0.5, 0.6) is 5.75 Å². The Hall–Kier alpha value is -1.92. The maximum absolute atomic E-state index is 12.1. The molecule has 1 aromatic heterocycles. The van der Waals surface area contributed by atoms with Crippen molar-refractivity contribution in [3.63, 3.8) is 0 Å². The summed E-state index contributed by atoms with van der Waals surface area (Å²) in [4.78, 5) is 3.13. The number of benzene rings is 1. The summed E-state index contributed by atoms with van der Waals surface area (Å²) in [5.74, 6) is 0.657. The predicted molar refractivity (Wildman–Crippen MR) is 74.6 cm³/mol. The van der Waals surface area contributed by atoms with Gasteiger partial charge in [-0.25, -0.2) is 18.1 Å². The lowest BCUT2D eigenvalue weighted by Crippen LogP contribution is -2.23. The fourth-order valence-corrected chi connectivity index (χ4v) is 2.70. The van der Waals surface area contributed by atoms with E-state index < -0.39 is 10.0 Å². The number of nitrogens with one attached hydrogen (secondary N) is 2. The van der Waals surface area contributed by atoms with Crippen LogP contribution in [0.1, 0.15) is 12.5 Å². The summed E-state index contributed by atoms with van der Waals surface area (Å²) in [6, 6.07) is 10.0. The second-order valence-corrected chi connectivity index (χ2v) is 5.91. The zero-order valence-electron chi connectivity index (χ0n) is 11.2. The quantitative estimate of drug-likeness (QED) is 0.874. The molecule has 2 rings (SSSR count). The zero-order valence-corrected chi connectivity index (χ0v) is 12.0. The van der Waals surface area contributed by atoms with Crippen molar-refractivity contribution in [2.24, 2.45) is 0 Å². The Morgan fingerprint density at radius 3 is 2.55 bits per heavy atom. The third-order valence-corrected chi connectivity index (χ3v) is 4.10. The molecule has 0 aliphatic heterocycles. The molecule has 0 unspecified atom stereocenters.